The molecule has 1 aromatic rings. The van der Waals surface area contributed by atoms with Gasteiger partial charge >= 0.3 is 0 Å². The van der Waals surface area contributed by atoms with Gasteiger partial charge in [0.05, 0.1) is 11.5 Å². The van der Waals surface area contributed by atoms with Crippen LogP contribution in [0.25, 0.3) is 0 Å². The molecule has 0 aliphatic rings. The van der Waals surface area contributed by atoms with Crippen molar-refractivity contribution in [2.24, 2.45) is 0 Å². The van der Waals surface area contributed by atoms with Crippen molar-refractivity contribution in [3.05, 3.63) is 51.1 Å². The summed E-state index contributed by atoms with van der Waals surface area (Å²) in [6, 6.07) is 4.12. The number of amides is 1. The van der Waals surface area contributed by atoms with Gasteiger partial charge in [-0.3, -0.25) is 14.9 Å². The highest BCUT2D eigenvalue weighted by Crippen LogP contribution is 2.17. The molecular formula is C11H11ClN2O3. The molecule has 0 saturated heterocycles. The molecule has 1 aromatic carbocycles. The van der Waals surface area contributed by atoms with E-state index >= 15 is 0 Å². The van der Waals surface area contributed by atoms with Crippen LogP contribution in [-0.2, 0) is 0 Å². The maximum atomic E-state index is 11.7. The van der Waals surface area contributed by atoms with Crippen LogP contribution in [0.5, 0.6) is 0 Å². The average molecular weight is 255 g/mol. The summed E-state index contributed by atoms with van der Waals surface area (Å²) in [6.45, 7) is 5.26. The van der Waals surface area contributed by atoms with Crippen LogP contribution in [0.15, 0.2) is 29.8 Å². The number of non-ortho nitro benzene ring substituents is 1. The fraction of sp³-hybridized carbons (Fsp3) is 0.182. The monoisotopic (exact) mass is 254 g/mol. The van der Waals surface area contributed by atoms with Gasteiger partial charge in [0.1, 0.15) is 0 Å². The number of hydrogen-bond donors (Lipinski definition) is 1. The van der Waals surface area contributed by atoms with E-state index in [1.54, 1.807) is 6.92 Å². The predicted octanol–water partition coefficient (Wildman–Crippen LogP) is 2.39. The molecule has 90 valence electrons. The Kier molecular flexibility index (Phi) is 4.23. The second-order valence-electron chi connectivity index (χ2n) is 3.46. The summed E-state index contributed by atoms with van der Waals surface area (Å²) in [5, 5.41) is 13.4. The third kappa shape index (κ3) is 3.57. The van der Waals surface area contributed by atoms with Crippen LogP contribution < -0.4 is 5.32 Å². The molecule has 6 heteroatoms. The molecule has 0 heterocycles. The van der Waals surface area contributed by atoms with Crippen molar-refractivity contribution >= 4 is 23.2 Å². The van der Waals surface area contributed by atoms with Crippen LogP contribution in [0.1, 0.15) is 15.9 Å². The Hall–Kier alpha value is -1.88. The lowest BCUT2D eigenvalue weighted by atomic mass is 10.1. The van der Waals surface area contributed by atoms with Crippen LogP contribution in [0.4, 0.5) is 5.69 Å². The molecule has 0 bridgehead atoms. The van der Waals surface area contributed by atoms with E-state index in [1.165, 1.54) is 18.2 Å². The van der Waals surface area contributed by atoms with Crippen LogP contribution >= 0.6 is 11.6 Å². The van der Waals surface area contributed by atoms with Gasteiger partial charge in [0.25, 0.3) is 11.6 Å². The number of benzene rings is 1. The Labute approximate surface area is 103 Å². The average Bonchev–Trinajstić information content (AvgIpc) is 2.26. The fourth-order valence-electron chi connectivity index (χ4n) is 1.24. The summed E-state index contributed by atoms with van der Waals surface area (Å²) >= 11 is 5.51. The van der Waals surface area contributed by atoms with Crippen molar-refractivity contribution in [3.8, 4) is 0 Å². The van der Waals surface area contributed by atoms with Crippen molar-refractivity contribution in [1.29, 1.82) is 0 Å². The zero-order chi connectivity index (χ0) is 13.0. The van der Waals surface area contributed by atoms with E-state index in [4.69, 9.17) is 11.6 Å². The zero-order valence-corrected chi connectivity index (χ0v) is 9.95. The van der Waals surface area contributed by atoms with Crippen molar-refractivity contribution in [2.45, 2.75) is 6.92 Å². The van der Waals surface area contributed by atoms with E-state index in [2.05, 4.69) is 11.9 Å². The van der Waals surface area contributed by atoms with Crippen molar-refractivity contribution in [2.75, 3.05) is 6.54 Å². The van der Waals surface area contributed by atoms with E-state index < -0.39 is 10.8 Å². The van der Waals surface area contributed by atoms with Crippen LogP contribution in [0.2, 0.25) is 0 Å². The molecule has 0 saturated carbocycles. The Morgan fingerprint density at radius 1 is 1.59 bits per heavy atom. The molecule has 1 N–H and O–H groups in total. The van der Waals surface area contributed by atoms with Gasteiger partial charge in [0, 0.05) is 22.7 Å². The number of nitro groups is 1. The molecule has 0 radical (unpaired) electrons. The Morgan fingerprint density at radius 2 is 2.24 bits per heavy atom. The first-order valence-electron chi connectivity index (χ1n) is 4.78. The first kappa shape index (κ1) is 13.2. The number of hydrogen-bond acceptors (Lipinski definition) is 3. The number of carbonyl (C=O) groups excluding carboxylic acids is 1. The summed E-state index contributed by atoms with van der Waals surface area (Å²) in [5.41, 5.74) is 0.802. The molecule has 0 aliphatic heterocycles. The smallest absolute Gasteiger partial charge is 0.270 e. The summed E-state index contributed by atoms with van der Waals surface area (Å²) in [4.78, 5) is 21.8. The predicted molar refractivity (Wildman–Crippen MR) is 65.2 cm³/mol. The molecule has 1 rings (SSSR count). The lowest BCUT2D eigenvalue weighted by molar-refractivity contribution is -0.384. The van der Waals surface area contributed by atoms with E-state index in [9.17, 15) is 14.9 Å². The van der Waals surface area contributed by atoms with Gasteiger partial charge in [0.2, 0.25) is 0 Å². The molecule has 1 amide bonds. The molecule has 0 aromatic heterocycles. The third-order valence-corrected chi connectivity index (χ3v) is 2.25. The molecule has 0 aliphatic carbocycles. The van der Waals surface area contributed by atoms with Crippen LogP contribution in [0, 0.1) is 17.0 Å². The second-order valence-corrected chi connectivity index (χ2v) is 3.99. The summed E-state index contributed by atoms with van der Waals surface area (Å²) in [6.07, 6.45) is 0. The van der Waals surface area contributed by atoms with E-state index in [-0.39, 0.29) is 17.8 Å². The number of aryl methyl sites for hydroxylation is 1. The lowest BCUT2D eigenvalue weighted by Crippen LogP contribution is -2.25. The molecule has 5 nitrogen and oxygen atoms in total. The molecule has 0 atom stereocenters. The minimum atomic E-state index is -0.545. The number of rotatable bonds is 4. The maximum Gasteiger partial charge on any atom is 0.270 e. The van der Waals surface area contributed by atoms with Crippen molar-refractivity contribution < 1.29 is 9.72 Å². The highest BCUT2D eigenvalue weighted by molar-refractivity contribution is 6.29. The van der Waals surface area contributed by atoms with Gasteiger partial charge in [0.15, 0.2) is 0 Å². The van der Waals surface area contributed by atoms with Gasteiger partial charge in [-0.25, -0.2) is 0 Å². The molecule has 0 fully saturated rings. The summed E-state index contributed by atoms with van der Waals surface area (Å²) in [7, 11) is 0. The van der Waals surface area contributed by atoms with Gasteiger partial charge in [-0.15, -0.1) is 0 Å². The van der Waals surface area contributed by atoms with E-state index in [0.29, 0.717) is 10.6 Å². The Morgan fingerprint density at radius 3 is 2.76 bits per heavy atom. The van der Waals surface area contributed by atoms with Crippen LogP contribution in [-0.4, -0.2) is 17.4 Å². The number of nitrogens with one attached hydrogen (secondary N) is 1. The largest absolute Gasteiger partial charge is 0.347 e. The highest BCUT2D eigenvalue weighted by Gasteiger charge is 2.14. The van der Waals surface area contributed by atoms with Crippen molar-refractivity contribution in [1.82, 2.24) is 5.32 Å². The fourth-order valence-corrected chi connectivity index (χ4v) is 1.31. The minimum absolute atomic E-state index is 0.120. The quantitative estimate of drug-likeness (QED) is 0.662. The summed E-state index contributed by atoms with van der Waals surface area (Å²) < 4.78 is 0. The summed E-state index contributed by atoms with van der Waals surface area (Å²) in [5.74, 6) is -0.409. The second kappa shape index (κ2) is 5.45. The zero-order valence-electron chi connectivity index (χ0n) is 9.20. The van der Waals surface area contributed by atoms with Gasteiger partial charge in [-0.05, 0) is 12.5 Å². The first-order valence-corrected chi connectivity index (χ1v) is 5.16. The maximum absolute atomic E-state index is 11.7. The minimum Gasteiger partial charge on any atom is -0.347 e. The molecule has 17 heavy (non-hydrogen) atoms. The highest BCUT2D eigenvalue weighted by atomic mass is 35.5. The third-order valence-electron chi connectivity index (χ3n) is 2.12. The Bertz CT molecular complexity index is 486. The van der Waals surface area contributed by atoms with Crippen LogP contribution in [0.3, 0.4) is 0 Å². The van der Waals surface area contributed by atoms with E-state index in [0.717, 1.165) is 0 Å². The molecular weight excluding hydrogens is 244 g/mol. The van der Waals surface area contributed by atoms with Gasteiger partial charge in [-0.2, -0.15) is 0 Å². The van der Waals surface area contributed by atoms with Crippen molar-refractivity contribution in [3.63, 3.8) is 0 Å². The first-order chi connectivity index (χ1) is 7.91. The van der Waals surface area contributed by atoms with Gasteiger partial charge < -0.3 is 5.32 Å². The molecule has 0 unspecified atom stereocenters. The number of nitro benzene ring substituents is 1. The number of nitrogens with zero attached hydrogens (tertiary/aromatic N) is 1. The topological polar surface area (TPSA) is 72.2 Å². The molecule has 0 spiro atoms. The van der Waals surface area contributed by atoms with E-state index in [1.807, 2.05) is 0 Å². The Balaban J connectivity index is 2.95. The SMILES string of the molecule is C=C(Cl)CNC(=O)c1cc([N+](=O)[O-])ccc1C. The number of halogens is 1. The van der Waals surface area contributed by atoms with Gasteiger partial charge in [-0.1, -0.05) is 24.2 Å². The number of carbonyl (C=O) groups is 1. The standard InChI is InChI=1S/C11H11ClN2O3/c1-7-3-4-9(14(16)17)5-10(7)11(15)13-6-8(2)12/h3-5H,2,6H2,1H3,(H,13,15). The normalized spacial score (nSPS) is 9.76. The lowest BCUT2D eigenvalue weighted by Gasteiger charge is -2.06.